The van der Waals surface area contributed by atoms with E-state index in [0.29, 0.717) is 17.9 Å². The maximum absolute atomic E-state index is 11.1. The Morgan fingerprint density at radius 1 is 1.62 bits per heavy atom. The molecule has 5 heteroatoms. The molecule has 0 saturated carbocycles. The number of nitrogens with zero attached hydrogens (tertiary/aromatic N) is 2. The van der Waals surface area contributed by atoms with E-state index in [0.717, 1.165) is 0 Å². The molecule has 0 radical (unpaired) electrons. The summed E-state index contributed by atoms with van der Waals surface area (Å²) < 4.78 is 6.83. The van der Waals surface area contributed by atoms with E-state index in [1.807, 2.05) is 0 Å². The zero-order valence-corrected chi connectivity index (χ0v) is 7.15. The van der Waals surface area contributed by atoms with Gasteiger partial charge in [0.25, 0.3) is 5.56 Å². The number of rotatable bonds is 1. The summed E-state index contributed by atoms with van der Waals surface area (Å²) in [5.74, 6) is 0.897. The number of fused-ring (bicyclic) bond motifs is 1. The Kier molecular flexibility index (Phi) is 1.66. The molecule has 5 nitrogen and oxygen atoms in total. The van der Waals surface area contributed by atoms with Gasteiger partial charge in [0.1, 0.15) is 5.76 Å². The van der Waals surface area contributed by atoms with Gasteiger partial charge in [0.15, 0.2) is 0 Å². The Bertz CT molecular complexity index is 498. The lowest BCUT2D eigenvalue weighted by molar-refractivity contribution is 0.535. The monoisotopic (exact) mass is 179 g/mol. The van der Waals surface area contributed by atoms with Crippen LogP contribution in [0.2, 0.25) is 0 Å². The van der Waals surface area contributed by atoms with Gasteiger partial charge < -0.3 is 10.2 Å². The van der Waals surface area contributed by atoms with Crippen LogP contribution in [0.1, 0.15) is 11.3 Å². The van der Waals surface area contributed by atoms with Crippen LogP contribution in [0.25, 0.3) is 5.84 Å². The lowest BCUT2D eigenvalue weighted by Crippen LogP contribution is -2.10. The van der Waals surface area contributed by atoms with Crippen LogP contribution in [0.4, 0.5) is 0 Å². The Hall–Kier alpha value is -1.62. The van der Waals surface area contributed by atoms with Crippen LogP contribution in [0.3, 0.4) is 0 Å². The van der Waals surface area contributed by atoms with Crippen molar-refractivity contribution in [2.45, 2.75) is 13.5 Å². The molecule has 0 aliphatic carbocycles. The minimum Gasteiger partial charge on any atom is -0.427 e. The molecule has 13 heavy (non-hydrogen) atoms. The van der Waals surface area contributed by atoms with Crippen molar-refractivity contribution in [3.05, 3.63) is 34.1 Å². The molecule has 0 spiro atoms. The molecule has 0 atom stereocenters. The van der Waals surface area contributed by atoms with E-state index in [-0.39, 0.29) is 11.4 Å². The van der Waals surface area contributed by atoms with Gasteiger partial charge in [-0.05, 0) is 6.92 Å². The van der Waals surface area contributed by atoms with Crippen molar-refractivity contribution in [1.29, 1.82) is 0 Å². The van der Waals surface area contributed by atoms with Crippen molar-refractivity contribution in [1.82, 2.24) is 9.38 Å². The minimum atomic E-state index is -0.266. The molecule has 68 valence electrons. The SMILES string of the molecule is Cc1cn2cc(CN)oc2nc1=O. The number of hydrogen-bond donors (Lipinski definition) is 1. The Morgan fingerprint density at radius 3 is 3.08 bits per heavy atom. The third kappa shape index (κ3) is 1.23. The Labute approximate surface area is 73.8 Å². The minimum absolute atomic E-state index is 0.266. The van der Waals surface area contributed by atoms with E-state index in [2.05, 4.69) is 4.98 Å². The summed E-state index contributed by atoms with van der Waals surface area (Å²) in [7, 11) is 0. The summed E-state index contributed by atoms with van der Waals surface area (Å²) in [6, 6.07) is 0. The van der Waals surface area contributed by atoms with Gasteiger partial charge in [0.05, 0.1) is 12.7 Å². The molecule has 2 aromatic heterocycles. The van der Waals surface area contributed by atoms with Crippen LogP contribution in [0.15, 0.2) is 21.6 Å². The van der Waals surface area contributed by atoms with Gasteiger partial charge in [-0.2, -0.15) is 4.98 Å². The van der Waals surface area contributed by atoms with E-state index in [9.17, 15) is 4.79 Å². The van der Waals surface area contributed by atoms with E-state index in [4.69, 9.17) is 10.2 Å². The highest BCUT2D eigenvalue weighted by Gasteiger charge is 2.04. The number of oxazole rings is 1. The lowest BCUT2D eigenvalue weighted by Gasteiger charge is -1.90. The first-order valence-corrected chi connectivity index (χ1v) is 3.89. The number of nitrogens with two attached hydrogens (primary N) is 1. The molecule has 0 fully saturated rings. The second-order valence-electron chi connectivity index (χ2n) is 2.82. The van der Waals surface area contributed by atoms with Crippen LogP contribution in [0, 0.1) is 6.92 Å². The summed E-state index contributed by atoms with van der Waals surface area (Å²) >= 11 is 0. The summed E-state index contributed by atoms with van der Waals surface area (Å²) in [4.78, 5) is 14.8. The second-order valence-corrected chi connectivity index (χ2v) is 2.82. The second kappa shape index (κ2) is 2.70. The first-order valence-electron chi connectivity index (χ1n) is 3.89. The van der Waals surface area contributed by atoms with Crippen molar-refractivity contribution in [2.24, 2.45) is 5.73 Å². The van der Waals surface area contributed by atoms with E-state index in [1.54, 1.807) is 23.7 Å². The highest BCUT2D eigenvalue weighted by molar-refractivity contribution is 5.26. The zero-order chi connectivity index (χ0) is 9.42. The highest BCUT2D eigenvalue weighted by atomic mass is 16.4. The van der Waals surface area contributed by atoms with Crippen molar-refractivity contribution in [3.8, 4) is 0 Å². The van der Waals surface area contributed by atoms with Gasteiger partial charge in [0.2, 0.25) is 0 Å². The summed E-state index contributed by atoms with van der Waals surface area (Å²) in [6.07, 6.45) is 3.39. The van der Waals surface area contributed by atoms with Crippen LogP contribution >= 0.6 is 0 Å². The third-order valence-corrected chi connectivity index (χ3v) is 1.79. The first kappa shape index (κ1) is 8.00. The van der Waals surface area contributed by atoms with Crippen LogP contribution in [-0.2, 0) is 6.54 Å². The molecule has 0 aliphatic heterocycles. The molecule has 2 rings (SSSR count). The smallest absolute Gasteiger partial charge is 0.309 e. The normalized spacial score (nSPS) is 10.9. The van der Waals surface area contributed by atoms with Crippen molar-refractivity contribution >= 4 is 5.84 Å². The maximum Gasteiger partial charge on any atom is 0.309 e. The third-order valence-electron chi connectivity index (χ3n) is 1.79. The molecule has 0 amide bonds. The molecule has 0 bridgehead atoms. The van der Waals surface area contributed by atoms with Gasteiger partial charge >= 0.3 is 5.84 Å². The van der Waals surface area contributed by atoms with Gasteiger partial charge in [-0.25, -0.2) is 0 Å². The van der Waals surface area contributed by atoms with Gasteiger partial charge in [-0.1, -0.05) is 0 Å². The predicted octanol–water partition coefficient (Wildman–Crippen LogP) is 0.0546. The van der Waals surface area contributed by atoms with E-state index in [1.165, 1.54) is 0 Å². The molecule has 0 saturated heterocycles. The van der Waals surface area contributed by atoms with Crippen molar-refractivity contribution in [3.63, 3.8) is 0 Å². The maximum atomic E-state index is 11.1. The molecule has 2 N–H and O–H groups in total. The fourth-order valence-electron chi connectivity index (χ4n) is 1.11. The number of hydrogen-bond acceptors (Lipinski definition) is 4. The van der Waals surface area contributed by atoms with Crippen LogP contribution < -0.4 is 11.3 Å². The van der Waals surface area contributed by atoms with E-state index >= 15 is 0 Å². The van der Waals surface area contributed by atoms with Crippen molar-refractivity contribution in [2.75, 3.05) is 0 Å². The molecular weight excluding hydrogens is 170 g/mol. The molecule has 0 unspecified atom stereocenters. The van der Waals surface area contributed by atoms with Gasteiger partial charge in [-0.3, -0.25) is 9.20 Å². The summed E-state index contributed by atoms with van der Waals surface area (Å²) in [5, 5.41) is 0. The predicted molar refractivity (Wildman–Crippen MR) is 46.4 cm³/mol. The Morgan fingerprint density at radius 2 is 2.38 bits per heavy atom. The average molecular weight is 179 g/mol. The molecule has 2 heterocycles. The van der Waals surface area contributed by atoms with Gasteiger partial charge in [-0.15, -0.1) is 0 Å². The zero-order valence-electron chi connectivity index (χ0n) is 7.15. The lowest BCUT2D eigenvalue weighted by atomic mass is 10.4. The van der Waals surface area contributed by atoms with E-state index < -0.39 is 0 Å². The highest BCUT2D eigenvalue weighted by Crippen LogP contribution is 2.05. The quantitative estimate of drug-likeness (QED) is 0.671. The molecule has 2 aromatic rings. The summed E-state index contributed by atoms with van der Waals surface area (Å²) in [6.45, 7) is 2.01. The topological polar surface area (TPSA) is 73.5 Å². The first-order chi connectivity index (χ1) is 6.20. The standard InChI is InChI=1S/C8H9N3O2/c1-5-3-11-4-6(2-9)13-8(11)10-7(5)12/h3-4H,2,9H2,1H3. The van der Waals surface area contributed by atoms with Crippen LogP contribution in [-0.4, -0.2) is 9.38 Å². The largest absolute Gasteiger partial charge is 0.427 e. The molecule has 0 aliphatic rings. The molecule has 0 aromatic carbocycles. The average Bonchev–Trinajstić information content (AvgIpc) is 2.48. The van der Waals surface area contributed by atoms with Crippen LogP contribution in [0.5, 0.6) is 0 Å². The Balaban J connectivity index is 2.77. The molecular formula is C8H9N3O2. The van der Waals surface area contributed by atoms with Gasteiger partial charge in [0, 0.05) is 11.8 Å². The number of aromatic nitrogens is 2. The number of aryl methyl sites for hydroxylation is 1. The summed E-state index contributed by atoms with van der Waals surface area (Å²) in [5.41, 5.74) is 5.70. The fraction of sp³-hybridized carbons (Fsp3) is 0.250. The fourth-order valence-corrected chi connectivity index (χ4v) is 1.11. The van der Waals surface area contributed by atoms with Crippen molar-refractivity contribution < 1.29 is 4.42 Å².